The molecule has 2 aromatic rings. The summed E-state index contributed by atoms with van der Waals surface area (Å²) in [6.45, 7) is 1.71. The molecule has 1 heterocycles. The van der Waals surface area contributed by atoms with Gasteiger partial charge in [0.15, 0.2) is 5.78 Å². The third kappa shape index (κ3) is 2.16. The minimum absolute atomic E-state index is 0.0176. The Hall–Kier alpha value is -2.41. The summed E-state index contributed by atoms with van der Waals surface area (Å²) in [5.41, 5.74) is 0.938. The van der Waals surface area contributed by atoms with Crippen LogP contribution in [-0.4, -0.2) is 10.4 Å². The van der Waals surface area contributed by atoms with E-state index in [9.17, 15) is 9.18 Å². The minimum atomic E-state index is -0.525. The highest BCUT2D eigenvalue weighted by atomic mass is 19.1. The van der Waals surface area contributed by atoms with Gasteiger partial charge in [0.2, 0.25) is 0 Å². The molecule has 0 bridgehead atoms. The van der Waals surface area contributed by atoms with Crippen LogP contribution in [0.1, 0.15) is 28.5 Å². The van der Waals surface area contributed by atoms with Crippen LogP contribution in [0.4, 0.5) is 4.39 Å². The van der Waals surface area contributed by atoms with Crippen LogP contribution in [0.25, 0.3) is 0 Å². The van der Waals surface area contributed by atoms with Crippen molar-refractivity contribution in [2.24, 2.45) is 0 Å². The molecule has 1 aromatic heterocycles. The van der Waals surface area contributed by atoms with E-state index in [1.165, 1.54) is 13.0 Å². The normalized spacial score (nSPS) is 10.1. The molecule has 4 heteroatoms. The number of hydrogen-bond acceptors (Lipinski definition) is 2. The Morgan fingerprint density at radius 1 is 1.39 bits per heavy atom. The Morgan fingerprint density at radius 3 is 2.83 bits per heavy atom. The molecule has 0 atom stereocenters. The molecule has 0 radical (unpaired) electrons. The van der Waals surface area contributed by atoms with Crippen LogP contribution in [0.2, 0.25) is 0 Å². The van der Waals surface area contributed by atoms with Crippen molar-refractivity contribution < 1.29 is 9.18 Å². The molecule has 0 saturated carbocycles. The summed E-state index contributed by atoms with van der Waals surface area (Å²) in [5, 5.41) is 8.76. The number of carbonyl (C=O) groups excluding carboxylic acids is 1. The van der Waals surface area contributed by atoms with E-state index >= 15 is 0 Å². The first-order valence-corrected chi connectivity index (χ1v) is 5.47. The van der Waals surface area contributed by atoms with E-state index in [4.69, 9.17) is 5.26 Å². The van der Waals surface area contributed by atoms with Gasteiger partial charge in [-0.1, -0.05) is 12.1 Å². The van der Waals surface area contributed by atoms with E-state index in [1.807, 2.05) is 0 Å². The Balaban J connectivity index is 2.38. The van der Waals surface area contributed by atoms with Crippen LogP contribution < -0.4 is 0 Å². The van der Waals surface area contributed by atoms with Crippen LogP contribution >= 0.6 is 0 Å². The maximum atomic E-state index is 13.9. The average molecular weight is 242 g/mol. The summed E-state index contributed by atoms with van der Waals surface area (Å²) in [6.07, 6.45) is 1.72. The average Bonchev–Trinajstić information content (AvgIpc) is 2.80. The van der Waals surface area contributed by atoms with E-state index in [2.05, 4.69) is 0 Å². The van der Waals surface area contributed by atoms with Gasteiger partial charge < -0.3 is 4.57 Å². The molecule has 0 unspecified atom stereocenters. The number of ketones is 1. The smallest absolute Gasteiger partial charge is 0.176 e. The van der Waals surface area contributed by atoms with Gasteiger partial charge in [0.05, 0.1) is 17.8 Å². The maximum absolute atomic E-state index is 13.9. The summed E-state index contributed by atoms with van der Waals surface area (Å²) < 4.78 is 15.5. The Morgan fingerprint density at radius 2 is 2.17 bits per heavy atom. The van der Waals surface area contributed by atoms with Gasteiger partial charge in [-0.2, -0.15) is 5.26 Å². The molecule has 90 valence electrons. The quantitative estimate of drug-likeness (QED) is 0.777. The van der Waals surface area contributed by atoms with Crippen molar-refractivity contribution in [2.45, 2.75) is 13.5 Å². The van der Waals surface area contributed by atoms with E-state index in [0.29, 0.717) is 11.3 Å². The number of Topliss-reactive ketones (excluding diaryl/α,β-unsaturated/α-hetero) is 1. The Bertz CT molecular complexity index is 637. The van der Waals surface area contributed by atoms with Crippen LogP contribution in [0.3, 0.4) is 0 Å². The minimum Gasteiger partial charge on any atom is -0.341 e. The predicted octanol–water partition coefficient (Wildman–Crippen LogP) is 2.75. The highest BCUT2D eigenvalue weighted by Gasteiger charge is 2.11. The first kappa shape index (κ1) is 12.1. The van der Waals surface area contributed by atoms with Crippen molar-refractivity contribution in [3.63, 3.8) is 0 Å². The summed E-state index contributed by atoms with van der Waals surface area (Å²) in [4.78, 5) is 11.4. The first-order valence-electron chi connectivity index (χ1n) is 5.47. The van der Waals surface area contributed by atoms with Gasteiger partial charge in [-0.15, -0.1) is 0 Å². The largest absolute Gasteiger partial charge is 0.341 e. The molecule has 0 aliphatic carbocycles. The molecule has 0 amide bonds. The fraction of sp³-hybridized carbons (Fsp3) is 0.143. The summed E-state index contributed by atoms with van der Waals surface area (Å²) >= 11 is 0. The van der Waals surface area contributed by atoms with Gasteiger partial charge in [0.25, 0.3) is 0 Å². The van der Waals surface area contributed by atoms with Gasteiger partial charge in [-0.05, 0) is 18.2 Å². The Kier molecular flexibility index (Phi) is 3.24. The van der Waals surface area contributed by atoms with Crippen molar-refractivity contribution >= 4 is 5.78 Å². The number of aromatic nitrogens is 1. The SMILES string of the molecule is CC(=O)c1cccn1Cc1cccc(C#N)c1F. The van der Waals surface area contributed by atoms with Crippen molar-refractivity contribution in [2.75, 3.05) is 0 Å². The van der Waals surface area contributed by atoms with Crippen molar-refractivity contribution in [3.05, 3.63) is 59.2 Å². The zero-order chi connectivity index (χ0) is 13.1. The monoisotopic (exact) mass is 242 g/mol. The van der Waals surface area contributed by atoms with Gasteiger partial charge >= 0.3 is 0 Å². The molecule has 1 aromatic carbocycles. The number of rotatable bonds is 3. The summed E-state index contributed by atoms with van der Waals surface area (Å²) in [6, 6.07) is 9.90. The third-order valence-corrected chi connectivity index (χ3v) is 2.73. The highest BCUT2D eigenvalue weighted by molar-refractivity contribution is 5.92. The van der Waals surface area contributed by atoms with Gasteiger partial charge in [-0.3, -0.25) is 4.79 Å². The van der Waals surface area contributed by atoms with Crippen LogP contribution in [0, 0.1) is 17.1 Å². The highest BCUT2D eigenvalue weighted by Crippen LogP contribution is 2.15. The van der Waals surface area contributed by atoms with Crippen molar-refractivity contribution in [1.82, 2.24) is 4.57 Å². The Labute approximate surface area is 104 Å². The number of hydrogen-bond donors (Lipinski definition) is 0. The predicted molar refractivity (Wildman–Crippen MR) is 64.7 cm³/mol. The number of nitrogens with zero attached hydrogens (tertiary/aromatic N) is 2. The van der Waals surface area contributed by atoms with Gasteiger partial charge in [0, 0.05) is 18.7 Å². The second-order valence-electron chi connectivity index (χ2n) is 3.97. The number of carbonyl (C=O) groups is 1. The maximum Gasteiger partial charge on any atom is 0.176 e. The standard InChI is InChI=1S/C14H11FN2O/c1-10(18)13-6-3-7-17(13)9-12-5-2-4-11(8-16)14(12)15/h2-7H,9H2,1H3. The second kappa shape index (κ2) is 4.84. The lowest BCUT2D eigenvalue weighted by Gasteiger charge is -2.08. The van der Waals surface area contributed by atoms with Crippen LogP contribution in [0.15, 0.2) is 36.5 Å². The number of nitriles is 1. The van der Waals surface area contributed by atoms with E-state index in [0.717, 1.165) is 0 Å². The first-order chi connectivity index (χ1) is 8.63. The topological polar surface area (TPSA) is 45.8 Å². The van der Waals surface area contributed by atoms with Crippen LogP contribution in [-0.2, 0) is 6.54 Å². The molecule has 0 aliphatic rings. The number of halogens is 1. The molecule has 0 N–H and O–H groups in total. The fourth-order valence-electron chi connectivity index (χ4n) is 1.84. The lowest BCUT2D eigenvalue weighted by atomic mass is 10.1. The lowest BCUT2D eigenvalue weighted by molar-refractivity contribution is 0.100. The summed E-state index contributed by atoms with van der Waals surface area (Å²) in [7, 11) is 0. The second-order valence-corrected chi connectivity index (χ2v) is 3.97. The molecule has 3 nitrogen and oxygen atoms in total. The van der Waals surface area contributed by atoms with E-state index in [-0.39, 0.29) is 17.9 Å². The zero-order valence-electron chi connectivity index (χ0n) is 9.85. The lowest BCUT2D eigenvalue weighted by Crippen LogP contribution is -2.08. The molecular weight excluding hydrogens is 231 g/mol. The molecule has 18 heavy (non-hydrogen) atoms. The van der Waals surface area contributed by atoms with Crippen molar-refractivity contribution in [1.29, 1.82) is 5.26 Å². The molecular formula is C14H11FN2O. The zero-order valence-corrected chi connectivity index (χ0v) is 9.85. The summed E-state index contributed by atoms with van der Waals surface area (Å²) in [5.74, 6) is -0.597. The van der Waals surface area contributed by atoms with E-state index < -0.39 is 5.82 Å². The van der Waals surface area contributed by atoms with E-state index in [1.54, 1.807) is 41.1 Å². The third-order valence-electron chi connectivity index (χ3n) is 2.73. The fourth-order valence-corrected chi connectivity index (χ4v) is 1.84. The van der Waals surface area contributed by atoms with Gasteiger partial charge in [-0.25, -0.2) is 4.39 Å². The molecule has 0 spiro atoms. The van der Waals surface area contributed by atoms with Gasteiger partial charge in [0.1, 0.15) is 11.9 Å². The molecule has 0 saturated heterocycles. The van der Waals surface area contributed by atoms with Crippen LogP contribution in [0.5, 0.6) is 0 Å². The van der Waals surface area contributed by atoms with Crippen molar-refractivity contribution in [3.8, 4) is 6.07 Å². The molecule has 0 aliphatic heterocycles. The number of benzene rings is 1. The molecule has 0 fully saturated rings. The molecule has 2 rings (SSSR count).